The molecule has 2 unspecified atom stereocenters. The third-order valence-electron chi connectivity index (χ3n) is 4.55. The number of rotatable bonds is 5. The van der Waals surface area contributed by atoms with Crippen LogP contribution < -0.4 is 5.32 Å². The van der Waals surface area contributed by atoms with Crippen LogP contribution >= 0.6 is 27.5 Å². The monoisotopic (exact) mass is 357 g/mol. The molecular weight excluding hydrogens is 334 g/mol. The number of halogens is 2. The van der Waals surface area contributed by atoms with Gasteiger partial charge in [-0.05, 0) is 49.8 Å². The van der Waals surface area contributed by atoms with Crippen molar-refractivity contribution < 1.29 is 0 Å². The zero-order valence-corrected chi connectivity index (χ0v) is 14.8. The van der Waals surface area contributed by atoms with E-state index in [1.165, 1.54) is 44.1 Å². The van der Waals surface area contributed by atoms with Crippen LogP contribution in [0.2, 0.25) is 5.02 Å². The van der Waals surface area contributed by atoms with E-state index in [0.29, 0.717) is 12.1 Å². The van der Waals surface area contributed by atoms with Crippen LogP contribution in [0.25, 0.3) is 0 Å². The van der Waals surface area contributed by atoms with E-state index >= 15 is 0 Å². The first-order valence-corrected chi connectivity index (χ1v) is 9.00. The topological polar surface area (TPSA) is 12.0 Å². The van der Waals surface area contributed by atoms with Gasteiger partial charge < -0.3 is 5.32 Å². The summed E-state index contributed by atoms with van der Waals surface area (Å²) in [4.78, 5) is 0. The fraction of sp³-hybridized carbons (Fsp3) is 0.647. The smallest absolute Gasteiger partial charge is 0.0464 e. The molecule has 0 heterocycles. The largest absolute Gasteiger partial charge is 0.307 e. The van der Waals surface area contributed by atoms with Crippen molar-refractivity contribution in [3.63, 3.8) is 0 Å². The summed E-state index contributed by atoms with van der Waals surface area (Å²) in [6.07, 6.45) is 8.18. The lowest BCUT2D eigenvalue weighted by Crippen LogP contribution is -2.38. The Kier molecular flexibility index (Phi) is 6.38. The van der Waals surface area contributed by atoms with Crippen LogP contribution in [-0.2, 0) is 0 Å². The van der Waals surface area contributed by atoms with Crippen LogP contribution in [0.5, 0.6) is 0 Å². The predicted molar refractivity (Wildman–Crippen MR) is 91.4 cm³/mol. The van der Waals surface area contributed by atoms with Crippen LogP contribution in [0.15, 0.2) is 22.7 Å². The van der Waals surface area contributed by atoms with E-state index in [-0.39, 0.29) is 0 Å². The quantitative estimate of drug-likeness (QED) is 0.669. The van der Waals surface area contributed by atoms with Crippen LogP contribution in [0.3, 0.4) is 0 Å². The molecule has 1 N–H and O–H groups in total. The summed E-state index contributed by atoms with van der Waals surface area (Å²) >= 11 is 9.83. The zero-order valence-electron chi connectivity index (χ0n) is 12.5. The summed E-state index contributed by atoms with van der Waals surface area (Å²) in [6.45, 7) is 4.52. The van der Waals surface area contributed by atoms with Gasteiger partial charge in [0.2, 0.25) is 0 Å². The molecule has 112 valence electrons. The lowest BCUT2D eigenvalue weighted by atomic mass is 9.82. The molecule has 0 bridgehead atoms. The Hall–Kier alpha value is -0.0500. The van der Waals surface area contributed by atoms with Gasteiger partial charge in [-0.15, -0.1) is 0 Å². The van der Waals surface area contributed by atoms with E-state index in [1.54, 1.807) is 0 Å². The SMILES string of the molecule is CCC(NC(C)c1ccc(Br)cc1Cl)C1CCCCC1. The summed E-state index contributed by atoms with van der Waals surface area (Å²) in [5.41, 5.74) is 1.20. The molecule has 0 radical (unpaired) electrons. The second kappa shape index (κ2) is 7.82. The maximum Gasteiger partial charge on any atom is 0.0464 e. The van der Waals surface area contributed by atoms with Gasteiger partial charge in [-0.1, -0.05) is 59.8 Å². The molecule has 1 aromatic carbocycles. The normalized spacial score (nSPS) is 19.8. The van der Waals surface area contributed by atoms with E-state index in [4.69, 9.17) is 11.6 Å². The van der Waals surface area contributed by atoms with Gasteiger partial charge in [0, 0.05) is 21.6 Å². The summed E-state index contributed by atoms with van der Waals surface area (Å²) in [5.74, 6) is 0.838. The Morgan fingerprint density at radius 1 is 1.30 bits per heavy atom. The van der Waals surface area contributed by atoms with Gasteiger partial charge in [-0.3, -0.25) is 0 Å². The molecule has 3 heteroatoms. The van der Waals surface area contributed by atoms with Gasteiger partial charge in [0.25, 0.3) is 0 Å². The van der Waals surface area contributed by atoms with Gasteiger partial charge in [0.1, 0.15) is 0 Å². The second-order valence-corrected chi connectivity index (χ2v) is 7.29. The maximum absolute atomic E-state index is 6.37. The standard InChI is InChI=1S/C17H25BrClN/c1-3-17(13-7-5-4-6-8-13)20-12(2)15-10-9-14(18)11-16(15)19/h9-13,17,20H,3-8H2,1-2H3. The number of benzene rings is 1. The van der Waals surface area contributed by atoms with Crippen LogP contribution in [0, 0.1) is 5.92 Å². The molecule has 0 saturated heterocycles. The molecule has 1 saturated carbocycles. The Labute approximate surface area is 136 Å². The summed E-state index contributed by atoms with van der Waals surface area (Å²) in [7, 11) is 0. The third-order valence-corrected chi connectivity index (χ3v) is 5.37. The Morgan fingerprint density at radius 2 is 2.00 bits per heavy atom. The molecule has 20 heavy (non-hydrogen) atoms. The number of nitrogens with one attached hydrogen (secondary N) is 1. The molecule has 1 aliphatic rings. The molecular formula is C17H25BrClN. The summed E-state index contributed by atoms with van der Waals surface area (Å²) in [5, 5.41) is 4.66. The zero-order chi connectivity index (χ0) is 14.5. The Balaban J connectivity index is 2.02. The third kappa shape index (κ3) is 4.22. The average Bonchev–Trinajstić information content (AvgIpc) is 2.45. The van der Waals surface area contributed by atoms with Crippen molar-refractivity contribution in [1.82, 2.24) is 5.32 Å². The highest BCUT2D eigenvalue weighted by Gasteiger charge is 2.24. The molecule has 0 aliphatic heterocycles. The molecule has 1 aliphatic carbocycles. The van der Waals surface area contributed by atoms with Gasteiger partial charge >= 0.3 is 0 Å². The molecule has 0 aromatic heterocycles. The minimum absolute atomic E-state index is 0.308. The average molecular weight is 359 g/mol. The number of hydrogen-bond acceptors (Lipinski definition) is 1. The van der Waals surface area contributed by atoms with E-state index < -0.39 is 0 Å². The minimum atomic E-state index is 0.308. The fourth-order valence-corrected chi connectivity index (χ4v) is 4.22. The van der Waals surface area contributed by atoms with Gasteiger partial charge in [0.15, 0.2) is 0 Å². The van der Waals surface area contributed by atoms with Crippen molar-refractivity contribution in [1.29, 1.82) is 0 Å². The van der Waals surface area contributed by atoms with Crippen molar-refractivity contribution in [3.8, 4) is 0 Å². The highest BCUT2D eigenvalue weighted by Crippen LogP contribution is 2.31. The van der Waals surface area contributed by atoms with Crippen LogP contribution in [-0.4, -0.2) is 6.04 Å². The van der Waals surface area contributed by atoms with E-state index in [2.05, 4.69) is 47.2 Å². The minimum Gasteiger partial charge on any atom is -0.307 e. The molecule has 1 aromatic rings. The Bertz CT molecular complexity index is 429. The Morgan fingerprint density at radius 3 is 2.60 bits per heavy atom. The maximum atomic E-state index is 6.37. The lowest BCUT2D eigenvalue weighted by Gasteiger charge is -2.33. The first-order chi connectivity index (χ1) is 9.61. The van der Waals surface area contributed by atoms with E-state index in [9.17, 15) is 0 Å². The molecule has 2 atom stereocenters. The predicted octanol–water partition coefficient (Wildman–Crippen LogP) is 6.11. The highest BCUT2D eigenvalue weighted by atomic mass is 79.9. The van der Waals surface area contributed by atoms with Gasteiger partial charge in [-0.25, -0.2) is 0 Å². The lowest BCUT2D eigenvalue weighted by molar-refractivity contribution is 0.249. The van der Waals surface area contributed by atoms with Crippen molar-refractivity contribution in [2.45, 2.75) is 64.5 Å². The van der Waals surface area contributed by atoms with Crippen molar-refractivity contribution in [3.05, 3.63) is 33.3 Å². The second-order valence-electron chi connectivity index (χ2n) is 5.97. The van der Waals surface area contributed by atoms with Crippen molar-refractivity contribution >= 4 is 27.5 Å². The van der Waals surface area contributed by atoms with Gasteiger partial charge in [-0.2, -0.15) is 0 Å². The fourth-order valence-electron chi connectivity index (χ4n) is 3.39. The van der Waals surface area contributed by atoms with E-state index in [0.717, 1.165) is 15.4 Å². The first-order valence-electron chi connectivity index (χ1n) is 7.82. The van der Waals surface area contributed by atoms with Crippen molar-refractivity contribution in [2.24, 2.45) is 5.92 Å². The molecule has 1 nitrogen and oxygen atoms in total. The first kappa shape index (κ1) is 16.3. The molecule has 0 amide bonds. The van der Waals surface area contributed by atoms with Crippen molar-refractivity contribution in [2.75, 3.05) is 0 Å². The van der Waals surface area contributed by atoms with Gasteiger partial charge in [0.05, 0.1) is 0 Å². The molecule has 0 spiro atoms. The summed E-state index contributed by atoms with van der Waals surface area (Å²) < 4.78 is 1.04. The highest BCUT2D eigenvalue weighted by molar-refractivity contribution is 9.10. The molecule has 2 rings (SSSR count). The van der Waals surface area contributed by atoms with E-state index in [1.807, 2.05) is 6.07 Å². The summed E-state index contributed by atoms with van der Waals surface area (Å²) in [6, 6.07) is 7.10. The van der Waals surface area contributed by atoms with Crippen LogP contribution in [0.1, 0.15) is 64.0 Å². The molecule has 1 fully saturated rings. The number of hydrogen-bond donors (Lipinski definition) is 1. The van der Waals surface area contributed by atoms with Crippen LogP contribution in [0.4, 0.5) is 0 Å².